The molecule has 0 aliphatic heterocycles. The predicted molar refractivity (Wildman–Crippen MR) is 77.1 cm³/mol. The number of nitrogens with zero attached hydrogens (tertiary/aromatic N) is 1. The van der Waals surface area contributed by atoms with Crippen LogP contribution in [-0.4, -0.2) is 17.6 Å². The average molecular weight is 280 g/mol. The zero-order valence-corrected chi connectivity index (χ0v) is 12.6. The molecule has 104 valence electrons. The highest BCUT2D eigenvalue weighted by Crippen LogP contribution is 2.29. The molecule has 0 amide bonds. The summed E-state index contributed by atoms with van der Waals surface area (Å²) in [4.78, 5) is 5.80. The molecule has 0 radical (unpaired) electrons. The molecule has 2 aromatic heterocycles. The number of furan rings is 1. The van der Waals surface area contributed by atoms with E-state index in [0.29, 0.717) is 6.61 Å². The van der Waals surface area contributed by atoms with E-state index in [1.807, 2.05) is 12.1 Å². The van der Waals surface area contributed by atoms with E-state index >= 15 is 0 Å². The van der Waals surface area contributed by atoms with Gasteiger partial charge in [0.2, 0.25) is 0 Å². The van der Waals surface area contributed by atoms with Crippen LogP contribution >= 0.6 is 11.3 Å². The second-order valence-corrected chi connectivity index (χ2v) is 6.49. The van der Waals surface area contributed by atoms with E-state index in [0.717, 1.165) is 23.0 Å². The molecule has 0 bridgehead atoms. The molecule has 0 aromatic carbocycles. The van der Waals surface area contributed by atoms with Crippen molar-refractivity contribution in [3.8, 4) is 10.8 Å². The van der Waals surface area contributed by atoms with Crippen molar-refractivity contribution in [3.63, 3.8) is 0 Å². The SMILES string of the molecule is COCc1nc(-c2ccco2)sc1CNC(C)(C)C. The maximum atomic E-state index is 5.40. The van der Waals surface area contributed by atoms with Gasteiger partial charge in [-0.15, -0.1) is 11.3 Å². The Morgan fingerprint density at radius 1 is 1.42 bits per heavy atom. The molecule has 2 rings (SSSR count). The van der Waals surface area contributed by atoms with E-state index in [-0.39, 0.29) is 5.54 Å². The fraction of sp³-hybridized carbons (Fsp3) is 0.500. The van der Waals surface area contributed by atoms with Gasteiger partial charge in [-0.1, -0.05) is 0 Å². The predicted octanol–water partition coefficient (Wildman–Crippen LogP) is 3.44. The third kappa shape index (κ3) is 3.89. The first-order valence-electron chi connectivity index (χ1n) is 6.26. The van der Waals surface area contributed by atoms with Crippen LogP contribution in [-0.2, 0) is 17.9 Å². The standard InChI is InChI=1S/C14H20N2O2S/c1-14(2,3)15-8-12-10(9-17-4)16-13(19-12)11-6-5-7-18-11/h5-7,15H,8-9H2,1-4H3. The highest BCUT2D eigenvalue weighted by atomic mass is 32.1. The van der Waals surface area contributed by atoms with E-state index in [4.69, 9.17) is 9.15 Å². The zero-order valence-electron chi connectivity index (χ0n) is 11.8. The fourth-order valence-electron chi connectivity index (χ4n) is 1.62. The van der Waals surface area contributed by atoms with Crippen LogP contribution in [0.3, 0.4) is 0 Å². The van der Waals surface area contributed by atoms with Crippen LogP contribution in [0.25, 0.3) is 10.8 Å². The van der Waals surface area contributed by atoms with Gasteiger partial charge in [-0.05, 0) is 32.9 Å². The number of rotatable bonds is 5. The van der Waals surface area contributed by atoms with Gasteiger partial charge in [0.1, 0.15) is 0 Å². The summed E-state index contributed by atoms with van der Waals surface area (Å²) in [6.07, 6.45) is 1.67. The second-order valence-electron chi connectivity index (χ2n) is 5.40. The molecule has 0 aliphatic carbocycles. The van der Waals surface area contributed by atoms with Gasteiger partial charge in [-0.25, -0.2) is 4.98 Å². The van der Waals surface area contributed by atoms with Crippen molar-refractivity contribution in [1.29, 1.82) is 0 Å². The lowest BCUT2D eigenvalue weighted by Gasteiger charge is -2.20. The Bertz CT molecular complexity index is 512. The Kier molecular flexibility index (Phi) is 4.39. The Hall–Kier alpha value is -1.17. The molecule has 0 fully saturated rings. The number of hydrogen-bond acceptors (Lipinski definition) is 5. The van der Waals surface area contributed by atoms with Crippen LogP contribution in [0.5, 0.6) is 0 Å². The van der Waals surface area contributed by atoms with E-state index in [9.17, 15) is 0 Å². The van der Waals surface area contributed by atoms with E-state index in [2.05, 4.69) is 31.1 Å². The Morgan fingerprint density at radius 3 is 2.79 bits per heavy atom. The number of methoxy groups -OCH3 is 1. The monoisotopic (exact) mass is 280 g/mol. The maximum Gasteiger partial charge on any atom is 0.162 e. The molecule has 0 atom stereocenters. The van der Waals surface area contributed by atoms with Crippen LogP contribution in [0.15, 0.2) is 22.8 Å². The molecule has 4 nitrogen and oxygen atoms in total. The highest BCUT2D eigenvalue weighted by Gasteiger charge is 2.16. The Balaban J connectivity index is 2.21. The number of aromatic nitrogens is 1. The molecule has 0 saturated heterocycles. The highest BCUT2D eigenvalue weighted by molar-refractivity contribution is 7.15. The summed E-state index contributed by atoms with van der Waals surface area (Å²) >= 11 is 1.65. The van der Waals surface area contributed by atoms with Gasteiger partial charge in [0.05, 0.1) is 18.6 Å². The van der Waals surface area contributed by atoms with E-state index < -0.39 is 0 Å². The number of nitrogens with one attached hydrogen (secondary N) is 1. The van der Waals surface area contributed by atoms with Crippen molar-refractivity contribution >= 4 is 11.3 Å². The molecule has 1 N–H and O–H groups in total. The summed E-state index contributed by atoms with van der Waals surface area (Å²) < 4.78 is 10.6. The maximum absolute atomic E-state index is 5.40. The van der Waals surface area contributed by atoms with Crippen molar-refractivity contribution in [2.75, 3.05) is 7.11 Å². The Labute approximate surface area is 117 Å². The summed E-state index contributed by atoms with van der Waals surface area (Å²) in [5, 5.41) is 4.39. The molecule has 2 heterocycles. The van der Waals surface area contributed by atoms with Crippen molar-refractivity contribution in [3.05, 3.63) is 29.0 Å². The van der Waals surface area contributed by atoms with Gasteiger partial charge < -0.3 is 14.5 Å². The molecular formula is C14H20N2O2S. The van der Waals surface area contributed by atoms with Gasteiger partial charge in [0.15, 0.2) is 10.8 Å². The third-order valence-electron chi connectivity index (χ3n) is 2.57. The first-order chi connectivity index (χ1) is 8.99. The Morgan fingerprint density at radius 2 is 2.21 bits per heavy atom. The number of ether oxygens (including phenoxy) is 1. The summed E-state index contributed by atoms with van der Waals surface area (Å²) in [5.74, 6) is 0.810. The number of hydrogen-bond donors (Lipinski definition) is 1. The topological polar surface area (TPSA) is 47.3 Å². The van der Waals surface area contributed by atoms with Gasteiger partial charge in [0.25, 0.3) is 0 Å². The van der Waals surface area contributed by atoms with Gasteiger partial charge in [-0.3, -0.25) is 0 Å². The smallest absolute Gasteiger partial charge is 0.162 e. The van der Waals surface area contributed by atoms with Crippen LogP contribution in [0, 0.1) is 0 Å². The van der Waals surface area contributed by atoms with E-state index in [1.165, 1.54) is 4.88 Å². The lowest BCUT2D eigenvalue weighted by atomic mass is 10.1. The van der Waals surface area contributed by atoms with Gasteiger partial charge >= 0.3 is 0 Å². The minimum Gasteiger partial charge on any atom is -0.462 e. The van der Waals surface area contributed by atoms with Gasteiger partial charge in [0, 0.05) is 24.1 Å². The molecule has 19 heavy (non-hydrogen) atoms. The van der Waals surface area contributed by atoms with Crippen molar-refractivity contribution in [1.82, 2.24) is 10.3 Å². The zero-order chi connectivity index (χ0) is 13.9. The minimum absolute atomic E-state index is 0.0825. The summed E-state index contributed by atoms with van der Waals surface area (Å²) in [7, 11) is 1.69. The molecule has 5 heteroatoms. The molecular weight excluding hydrogens is 260 g/mol. The van der Waals surface area contributed by atoms with Crippen LogP contribution in [0.1, 0.15) is 31.3 Å². The third-order valence-corrected chi connectivity index (χ3v) is 3.68. The lowest BCUT2D eigenvalue weighted by Crippen LogP contribution is -2.35. The number of thiazole rings is 1. The molecule has 0 unspecified atom stereocenters. The summed E-state index contributed by atoms with van der Waals surface area (Å²) in [5.41, 5.74) is 1.06. The summed E-state index contributed by atoms with van der Waals surface area (Å²) in [6, 6.07) is 3.80. The van der Waals surface area contributed by atoms with Crippen molar-refractivity contribution < 1.29 is 9.15 Å². The quantitative estimate of drug-likeness (QED) is 0.911. The minimum atomic E-state index is 0.0825. The van der Waals surface area contributed by atoms with Crippen molar-refractivity contribution in [2.45, 2.75) is 39.5 Å². The normalized spacial score (nSPS) is 12.0. The first kappa shape index (κ1) is 14.2. The second kappa shape index (κ2) is 5.86. The summed E-state index contributed by atoms with van der Waals surface area (Å²) in [6.45, 7) is 7.77. The molecule has 0 spiro atoms. The lowest BCUT2D eigenvalue weighted by molar-refractivity contribution is 0.181. The fourth-order valence-corrected chi connectivity index (χ4v) is 2.59. The largest absolute Gasteiger partial charge is 0.462 e. The van der Waals surface area contributed by atoms with Crippen molar-refractivity contribution in [2.24, 2.45) is 0 Å². The van der Waals surface area contributed by atoms with Crippen LogP contribution < -0.4 is 5.32 Å². The average Bonchev–Trinajstić information content (AvgIpc) is 2.94. The van der Waals surface area contributed by atoms with E-state index in [1.54, 1.807) is 24.7 Å². The molecule has 0 saturated carbocycles. The first-order valence-corrected chi connectivity index (χ1v) is 7.07. The van der Waals surface area contributed by atoms with Crippen LogP contribution in [0.4, 0.5) is 0 Å². The molecule has 0 aliphatic rings. The van der Waals surface area contributed by atoms with Crippen LogP contribution in [0.2, 0.25) is 0 Å². The van der Waals surface area contributed by atoms with Gasteiger partial charge in [-0.2, -0.15) is 0 Å². The molecule has 2 aromatic rings.